The number of carbonyl (C=O) groups is 3. The second-order valence-corrected chi connectivity index (χ2v) is 10.8. The number of nitrogen functional groups attached to an aromatic ring is 1. The zero-order valence-corrected chi connectivity index (χ0v) is 22.3. The van der Waals surface area contributed by atoms with Gasteiger partial charge in [0.2, 0.25) is 5.60 Å². The monoisotopic (exact) mass is 619 g/mol. The molecule has 1 aliphatic heterocycles. The molecule has 20 heteroatoms. The number of hydrogen-bond acceptors (Lipinski definition) is 14. The van der Waals surface area contributed by atoms with Crippen molar-refractivity contribution in [3.8, 4) is 6.07 Å². The van der Waals surface area contributed by atoms with Crippen LogP contribution in [0.4, 0.5) is 10.8 Å². The van der Waals surface area contributed by atoms with Gasteiger partial charge in [-0.3, -0.25) is 24.3 Å². The van der Waals surface area contributed by atoms with E-state index in [4.69, 9.17) is 20.6 Å². The summed E-state index contributed by atoms with van der Waals surface area (Å²) in [6.45, 7) is 2.31. The molecule has 0 bridgehead atoms. The molecule has 214 valence electrons. The third kappa shape index (κ3) is 7.96. The van der Waals surface area contributed by atoms with Gasteiger partial charge in [-0.2, -0.15) is 13.7 Å². The van der Waals surface area contributed by atoms with Gasteiger partial charge in [0.25, 0.3) is 17.5 Å². The molecule has 2 heterocycles. The number of anilines is 1. The third-order valence-electron chi connectivity index (χ3n) is 5.36. The predicted molar refractivity (Wildman–Crippen MR) is 143 cm³/mol. The number of thiazole rings is 1. The number of rotatable bonds is 11. The Morgan fingerprint density at radius 3 is 2.51 bits per heavy atom. The SMILES string of the molecule is CC(C)(O/N=C(\C(=O)NC1C(=O)N(S(=O)(=O)O)C1CC#N)c1csc(N)n1)C(=O)OCc1ccc([N+](=O)[O-])cc1.[NaH]. The molecule has 2 atom stereocenters. The zero-order valence-electron chi connectivity index (χ0n) is 20.7. The zero-order chi connectivity index (χ0) is 29.8. The number of amides is 2. The summed E-state index contributed by atoms with van der Waals surface area (Å²) in [6, 6.07) is 4.05. The first-order chi connectivity index (χ1) is 18.7. The molecule has 1 aromatic heterocycles. The third-order valence-corrected chi connectivity index (χ3v) is 6.98. The van der Waals surface area contributed by atoms with Gasteiger partial charge < -0.3 is 20.6 Å². The molecule has 41 heavy (non-hydrogen) atoms. The summed E-state index contributed by atoms with van der Waals surface area (Å²) in [7, 11) is -4.98. The number of aromatic nitrogens is 1. The average molecular weight is 620 g/mol. The average Bonchev–Trinajstić information content (AvgIpc) is 3.30. The Labute approximate surface area is 258 Å². The summed E-state index contributed by atoms with van der Waals surface area (Å²) in [5.41, 5.74) is 3.52. The molecule has 1 aliphatic rings. The van der Waals surface area contributed by atoms with Gasteiger partial charge in [0.05, 0.1) is 23.5 Å². The fourth-order valence-electron chi connectivity index (χ4n) is 3.30. The predicted octanol–water partition coefficient (Wildman–Crippen LogP) is -0.360. The van der Waals surface area contributed by atoms with Crippen LogP contribution in [0.5, 0.6) is 0 Å². The molecule has 1 saturated heterocycles. The van der Waals surface area contributed by atoms with Crippen molar-refractivity contribution in [3.05, 3.63) is 51.0 Å². The number of oxime groups is 1. The van der Waals surface area contributed by atoms with Crippen molar-refractivity contribution in [2.45, 2.75) is 44.6 Å². The second kappa shape index (κ2) is 13.3. The van der Waals surface area contributed by atoms with Crippen molar-refractivity contribution in [2.75, 3.05) is 5.73 Å². The van der Waals surface area contributed by atoms with Crippen LogP contribution in [0.3, 0.4) is 0 Å². The summed E-state index contributed by atoms with van der Waals surface area (Å²) in [5, 5.41) is 27.1. The molecule has 0 aliphatic carbocycles. The van der Waals surface area contributed by atoms with E-state index >= 15 is 0 Å². The number of esters is 1. The molecule has 0 spiro atoms. The summed E-state index contributed by atoms with van der Waals surface area (Å²) in [5.74, 6) is -3.19. The van der Waals surface area contributed by atoms with Crippen LogP contribution in [0.15, 0.2) is 34.8 Å². The topological polar surface area (TPSA) is 258 Å². The summed E-state index contributed by atoms with van der Waals surface area (Å²) in [6.07, 6.45) is -0.531. The Bertz CT molecular complexity index is 1520. The van der Waals surface area contributed by atoms with Gasteiger partial charge in [-0.25, -0.2) is 14.1 Å². The number of nitrogens with one attached hydrogen (secondary N) is 1. The van der Waals surface area contributed by atoms with Gasteiger partial charge in [-0.15, -0.1) is 11.3 Å². The van der Waals surface area contributed by atoms with Crippen molar-refractivity contribution in [2.24, 2.45) is 5.16 Å². The second-order valence-electron chi connectivity index (χ2n) is 8.60. The van der Waals surface area contributed by atoms with E-state index in [9.17, 15) is 37.5 Å². The molecule has 0 radical (unpaired) electrons. The quantitative estimate of drug-likeness (QED) is 0.0553. The van der Waals surface area contributed by atoms with Gasteiger partial charge >= 0.3 is 45.8 Å². The molecule has 17 nitrogen and oxygen atoms in total. The van der Waals surface area contributed by atoms with Crippen LogP contribution in [0.2, 0.25) is 0 Å². The fraction of sp³-hybridized carbons (Fsp3) is 0.333. The minimum atomic E-state index is -4.98. The first-order valence-corrected chi connectivity index (χ1v) is 13.3. The minimum absolute atomic E-state index is 0. The molecule has 2 aromatic rings. The molecular weight excluding hydrogens is 597 g/mol. The molecule has 0 saturated carbocycles. The van der Waals surface area contributed by atoms with E-state index in [2.05, 4.69) is 15.5 Å². The normalized spacial score (nSPS) is 17.0. The first kappa shape index (κ1) is 33.5. The van der Waals surface area contributed by atoms with Crippen LogP contribution < -0.4 is 11.1 Å². The van der Waals surface area contributed by atoms with E-state index in [0.717, 1.165) is 11.3 Å². The van der Waals surface area contributed by atoms with Crippen LogP contribution in [-0.2, 0) is 40.9 Å². The molecule has 4 N–H and O–H groups in total. The maximum absolute atomic E-state index is 13.1. The Morgan fingerprint density at radius 2 is 2.00 bits per heavy atom. The molecule has 2 amide bonds. The van der Waals surface area contributed by atoms with Crippen LogP contribution in [-0.4, -0.2) is 97.9 Å². The first-order valence-electron chi connectivity index (χ1n) is 11.0. The van der Waals surface area contributed by atoms with Crippen LogP contribution in [0, 0.1) is 21.4 Å². The Kier molecular flexibility index (Phi) is 10.9. The number of β-lactam (4-membered cyclic amide) rings is 1. The molecule has 1 aromatic carbocycles. The Morgan fingerprint density at radius 1 is 1.37 bits per heavy atom. The number of carbonyl (C=O) groups excluding carboxylic acids is 3. The van der Waals surface area contributed by atoms with Crippen LogP contribution in [0.25, 0.3) is 0 Å². The van der Waals surface area contributed by atoms with Gasteiger partial charge in [-0.1, -0.05) is 5.16 Å². The number of ether oxygens (including phenoxy) is 1. The van der Waals surface area contributed by atoms with E-state index in [1.54, 1.807) is 6.07 Å². The number of nitrogens with zero attached hydrogens (tertiary/aromatic N) is 5. The van der Waals surface area contributed by atoms with E-state index in [1.807, 2.05) is 0 Å². The standard InChI is InChI=1S/C21H21N7O10S2.Na.H/c1-21(2,19(31)37-9-11-3-5-12(6-4-11)28(32)33)38-26-15(13-10-39-20(23)24-13)17(29)25-16-14(7-8-22)27(18(16)30)40(34,35)36;;/h3-6,10,14,16H,7,9H2,1-2H3,(H2,23,24)(H,25,29)(H,34,35,36);;/b26-15-;;. The number of nitrogens with two attached hydrogens (primary N) is 1. The van der Waals surface area contributed by atoms with Crippen LogP contribution in [0.1, 0.15) is 31.5 Å². The molecule has 3 rings (SSSR count). The number of nitriles is 1. The van der Waals surface area contributed by atoms with Crippen molar-refractivity contribution in [1.82, 2.24) is 14.6 Å². The van der Waals surface area contributed by atoms with E-state index in [0.29, 0.717) is 5.56 Å². The fourth-order valence-corrected chi connectivity index (χ4v) is 4.73. The molecule has 1 fully saturated rings. The van der Waals surface area contributed by atoms with Gasteiger partial charge in [0.1, 0.15) is 18.3 Å². The summed E-state index contributed by atoms with van der Waals surface area (Å²) >= 11 is 0.936. The van der Waals surface area contributed by atoms with E-state index in [-0.39, 0.29) is 57.0 Å². The molecule has 2 unspecified atom stereocenters. The van der Waals surface area contributed by atoms with Crippen molar-refractivity contribution >= 4 is 85.5 Å². The molecular formula is C21H22N7NaO10S2. The van der Waals surface area contributed by atoms with Gasteiger partial charge in [0.15, 0.2) is 10.8 Å². The maximum atomic E-state index is 13.1. The summed E-state index contributed by atoms with van der Waals surface area (Å²) in [4.78, 5) is 57.4. The van der Waals surface area contributed by atoms with Crippen molar-refractivity contribution < 1.29 is 41.9 Å². The number of nitro benzene ring substituents is 1. The summed E-state index contributed by atoms with van der Waals surface area (Å²) < 4.78 is 37.4. The number of hydrogen-bond donors (Lipinski definition) is 3. The van der Waals surface area contributed by atoms with E-state index < -0.39 is 62.8 Å². The Hall–Kier alpha value is -3.67. The number of non-ortho nitro benzene ring substituents is 1. The van der Waals surface area contributed by atoms with Crippen molar-refractivity contribution in [1.29, 1.82) is 5.26 Å². The van der Waals surface area contributed by atoms with Gasteiger partial charge in [0, 0.05) is 17.5 Å². The number of nitro groups is 1. The van der Waals surface area contributed by atoms with Crippen molar-refractivity contribution in [3.63, 3.8) is 0 Å². The Balaban J connectivity index is 0.00000588. The number of benzene rings is 1. The van der Waals surface area contributed by atoms with E-state index in [1.165, 1.54) is 43.5 Å². The van der Waals surface area contributed by atoms with Gasteiger partial charge in [-0.05, 0) is 31.5 Å². The van der Waals surface area contributed by atoms with Crippen LogP contribution >= 0.6 is 11.3 Å².